The topological polar surface area (TPSA) is 122 Å². The second kappa shape index (κ2) is 14.3. The molecule has 1 aliphatic heterocycles. The van der Waals surface area contributed by atoms with Crippen LogP contribution >= 0.6 is 0 Å². The zero-order valence-electron chi connectivity index (χ0n) is 33.6. The standard InChI is InChI=1S/C54H30N6O4/c1-3-13-31(14-4-1)49-55-51(33-23-25-37-35-17-7-9-19-41(35)61-45(37)27-33)59-53(57-49)39-29-47-48(64-44-22-12-11-21-43(44)63-47)30-40(39)54-58-50(32-15-5-2-6-16-32)56-52(60-54)34-24-26-38-36-18-8-10-20-42(36)62-46(38)28-34/h1-30H. The van der Waals surface area contributed by atoms with Crippen molar-refractivity contribution in [2.45, 2.75) is 0 Å². The van der Waals surface area contributed by atoms with Crippen LogP contribution in [-0.2, 0) is 0 Å². The van der Waals surface area contributed by atoms with Gasteiger partial charge in [0, 0.05) is 54.9 Å². The number of benzene rings is 8. The Morgan fingerprint density at radius 2 is 0.609 bits per heavy atom. The van der Waals surface area contributed by atoms with Crippen LogP contribution in [0.25, 0.3) is 112 Å². The highest BCUT2D eigenvalue weighted by Crippen LogP contribution is 2.49. The highest BCUT2D eigenvalue weighted by Gasteiger charge is 2.27. The Kier molecular flexibility index (Phi) is 7.97. The number of hydrogen-bond donors (Lipinski definition) is 0. The Hall–Kier alpha value is -9.02. The van der Waals surface area contributed by atoms with E-state index in [0.717, 1.165) is 66.1 Å². The van der Waals surface area contributed by atoms with Crippen LogP contribution in [0.1, 0.15) is 0 Å². The maximum absolute atomic E-state index is 6.52. The first kappa shape index (κ1) is 35.7. The lowest BCUT2D eigenvalue weighted by Gasteiger charge is -2.22. The molecule has 4 aromatic heterocycles. The van der Waals surface area contributed by atoms with Crippen LogP contribution in [0.2, 0.25) is 0 Å². The third kappa shape index (κ3) is 6.04. The smallest absolute Gasteiger partial charge is 0.170 e. The first-order valence-electron chi connectivity index (χ1n) is 20.8. The average Bonchev–Trinajstić information content (AvgIpc) is 3.93. The lowest BCUT2D eigenvalue weighted by atomic mass is 10.0. The summed E-state index contributed by atoms with van der Waals surface area (Å²) in [5, 5.41) is 4.09. The van der Waals surface area contributed by atoms with Crippen molar-refractivity contribution < 1.29 is 18.3 Å². The maximum Gasteiger partial charge on any atom is 0.170 e. The van der Waals surface area contributed by atoms with Crippen LogP contribution in [-0.4, -0.2) is 29.9 Å². The summed E-state index contributed by atoms with van der Waals surface area (Å²) >= 11 is 0. The van der Waals surface area contributed by atoms with E-state index in [1.165, 1.54) is 0 Å². The summed E-state index contributed by atoms with van der Waals surface area (Å²) in [6.07, 6.45) is 0. The number of ether oxygens (including phenoxy) is 2. The van der Waals surface area contributed by atoms with Crippen molar-refractivity contribution in [3.63, 3.8) is 0 Å². The third-order valence-electron chi connectivity index (χ3n) is 11.5. The Labute approximate surface area is 364 Å². The van der Waals surface area contributed by atoms with Gasteiger partial charge in [-0.05, 0) is 60.7 Å². The van der Waals surface area contributed by atoms with Gasteiger partial charge in [0.05, 0.1) is 0 Å². The highest BCUT2D eigenvalue weighted by molar-refractivity contribution is 6.06. The molecule has 10 heteroatoms. The van der Waals surface area contributed by atoms with Crippen molar-refractivity contribution in [2.24, 2.45) is 0 Å². The minimum atomic E-state index is 0.376. The van der Waals surface area contributed by atoms with E-state index in [1.807, 2.05) is 158 Å². The number of hydrogen-bond acceptors (Lipinski definition) is 10. The van der Waals surface area contributed by atoms with Gasteiger partial charge in [0.25, 0.3) is 0 Å². The third-order valence-corrected chi connectivity index (χ3v) is 11.5. The minimum absolute atomic E-state index is 0.376. The molecule has 1 aliphatic rings. The molecule has 0 atom stereocenters. The van der Waals surface area contributed by atoms with Gasteiger partial charge in [-0.25, -0.2) is 29.9 Å². The molecule has 8 aromatic carbocycles. The van der Waals surface area contributed by atoms with E-state index < -0.39 is 0 Å². The van der Waals surface area contributed by atoms with Crippen molar-refractivity contribution in [3.8, 4) is 91.3 Å². The largest absolute Gasteiger partial charge is 0.456 e. The number of furan rings is 2. The molecule has 0 unspecified atom stereocenters. The fourth-order valence-corrected chi connectivity index (χ4v) is 8.36. The molecule has 5 heterocycles. The summed E-state index contributed by atoms with van der Waals surface area (Å²) in [6.45, 7) is 0. The van der Waals surface area contributed by atoms with Crippen molar-refractivity contribution in [1.82, 2.24) is 29.9 Å². The van der Waals surface area contributed by atoms with Crippen molar-refractivity contribution in [2.75, 3.05) is 0 Å². The Morgan fingerprint density at radius 1 is 0.250 bits per heavy atom. The molecular weight excluding hydrogens is 797 g/mol. The van der Waals surface area contributed by atoms with E-state index >= 15 is 0 Å². The zero-order chi connectivity index (χ0) is 42.1. The molecule has 12 aromatic rings. The van der Waals surface area contributed by atoms with Gasteiger partial charge in [0.2, 0.25) is 0 Å². The van der Waals surface area contributed by atoms with Crippen LogP contribution in [0.15, 0.2) is 191 Å². The van der Waals surface area contributed by atoms with Gasteiger partial charge >= 0.3 is 0 Å². The summed E-state index contributed by atoms with van der Waals surface area (Å²) in [7, 11) is 0. The summed E-state index contributed by atoms with van der Waals surface area (Å²) in [4.78, 5) is 30.9. The highest BCUT2D eigenvalue weighted by atomic mass is 16.6. The van der Waals surface area contributed by atoms with Gasteiger partial charge in [0.15, 0.2) is 57.9 Å². The van der Waals surface area contributed by atoms with Crippen molar-refractivity contribution in [1.29, 1.82) is 0 Å². The van der Waals surface area contributed by atoms with Crippen molar-refractivity contribution >= 4 is 43.9 Å². The zero-order valence-corrected chi connectivity index (χ0v) is 33.6. The molecule has 13 rings (SSSR count). The lowest BCUT2D eigenvalue weighted by molar-refractivity contribution is 0.360. The van der Waals surface area contributed by atoms with E-state index in [0.29, 0.717) is 69.1 Å². The average molecular weight is 827 g/mol. The first-order valence-corrected chi connectivity index (χ1v) is 20.8. The van der Waals surface area contributed by atoms with Crippen LogP contribution < -0.4 is 9.47 Å². The van der Waals surface area contributed by atoms with Gasteiger partial charge in [-0.3, -0.25) is 0 Å². The normalized spacial score (nSPS) is 12.0. The van der Waals surface area contributed by atoms with Gasteiger partial charge in [-0.2, -0.15) is 0 Å². The molecular formula is C54H30N6O4. The SMILES string of the molecule is c1ccc(-c2nc(-c3ccc4c(c3)oc3ccccc34)nc(-c3cc4c(cc3-c3nc(-c5ccccc5)nc(-c5ccc6c(c5)oc5ccccc56)n3)Oc3ccccc3O4)n2)cc1. The Bertz CT molecular complexity index is 3560. The van der Waals surface area contributed by atoms with E-state index in [9.17, 15) is 0 Å². The molecule has 0 saturated heterocycles. The van der Waals surface area contributed by atoms with Gasteiger partial charge < -0.3 is 18.3 Å². The minimum Gasteiger partial charge on any atom is -0.456 e. The monoisotopic (exact) mass is 826 g/mol. The predicted molar refractivity (Wildman–Crippen MR) is 247 cm³/mol. The Morgan fingerprint density at radius 3 is 1.06 bits per heavy atom. The van der Waals surface area contributed by atoms with Gasteiger partial charge in [0.1, 0.15) is 22.3 Å². The number of rotatable bonds is 6. The number of nitrogens with zero attached hydrogens (tertiary/aromatic N) is 6. The Balaban J connectivity index is 1.05. The van der Waals surface area contributed by atoms with Crippen LogP contribution in [0.5, 0.6) is 23.0 Å². The van der Waals surface area contributed by atoms with Crippen molar-refractivity contribution in [3.05, 3.63) is 182 Å². The van der Waals surface area contributed by atoms with E-state index in [-0.39, 0.29) is 0 Å². The summed E-state index contributed by atoms with van der Waals surface area (Å²) in [6, 6.07) is 59.2. The van der Waals surface area contributed by atoms with E-state index in [1.54, 1.807) is 0 Å². The number of aromatic nitrogens is 6. The second-order valence-corrected chi connectivity index (χ2v) is 15.5. The van der Waals surface area contributed by atoms with Gasteiger partial charge in [-0.1, -0.05) is 121 Å². The summed E-state index contributed by atoms with van der Waals surface area (Å²) in [5.74, 6) is 4.77. The molecule has 300 valence electrons. The fourth-order valence-electron chi connectivity index (χ4n) is 8.36. The predicted octanol–water partition coefficient (Wildman–Crippen LogP) is 13.8. The van der Waals surface area contributed by atoms with Crippen LogP contribution in [0.4, 0.5) is 0 Å². The van der Waals surface area contributed by atoms with Gasteiger partial charge in [-0.15, -0.1) is 0 Å². The number of para-hydroxylation sites is 4. The maximum atomic E-state index is 6.52. The first-order chi connectivity index (χ1) is 31.6. The summed E-state index contributed by atoms with van der Waals surface area (Å²) in [5.41, 5.74) is 7.42. The van der Waals surface area contributed by atoms with Crippen LogP contribution in [0.3, 0.4) is 0 Å². The van der Waals surface area contributed by atoms with Crippen LogP contribution in [0, 0.1) is 0 Å². The molecule has 10 nitrogen and oxygen atoms in total. The molecule has 0 fully saturated rings. The molecule has 0 amide bonds. The lowest BCUT2D eigenvalue weighted by Crippen LogP contribution is -2.06. The number of fused-ring (bicyclic) bond motifs is 8. The second-order valence-electron chi connectivity index (χ2n) is 15.5. The van der Waals surface area contributed by atoms with E-state index in [4.69, 9.17) is 48.2 Å². The molecule has 64 heavy (non-hydrogen) atoms. The van der Waals surface area contributed by atoms with E-state index in [2.05, 4.69) is 24.3 Å². The molecule has 0 spiro atoms. The molecule has 0 aliphatic carbocycles. The summed E-state index contributed by atoms with van der Waals surface area (Å²) < 4.78 is 25.7. The molecule has 0 radical (unpaired) electrons. The molecule has 0 saturated carbocycles. The molecule has 0 bridgehead atoms. The molecule has 0 N–H and O–H groups in total. The fraction of sp³-hybridized carbons (Fsp3) is 0. The quantitative estimate of drug-likeness (QED) is 0.160.